The van der Waals surface area contributed by atoms with Gasteiger partial charge in [-0.3, -0.25) is 0 Å². The van der Waals surface area contributed by atoms with Crippen molar-refractivity contribution in [2.45, 2.75) is 13.8 Å². The normalized spacial score (nSPS) is 10.5. The quantitative estimate of drug-likeness (QED) is 0.880. The maximum Gasteiger partial charge on any atom is 0.335 e. The highest BCUT2D eigenvalue weighted by Crippen LogP contribution is 2.25. The van der Waals surface area contributed by atoms with Gasteiger partial charge >= 0.3 is 5.97 Å². The molecule has 2 aromatic carbocycles. The first-order valence-electron chi connectivity index (χ1n) is 5.52. The minimum absolute atomic E-state index is 0.309. The minimum Gasteiger partial charge on any atom is -0.494 e. The van der Waals surface area contributed by atoms with Gasteiger partial charge < -0.3 is 9.84 Å². The number of fused-ring (bicyclic) bond motifs is 1. The molecule has 3 heteroatoms. The summed E-state index contributed by atoms with van der Waals surface area (Å²) in [5, 5.41) is 11.0. The van der Waals surface area contributed by atoms with Gasteiger partial charge in [0, 0.05) is 0 Å². The largest absolute Gasteiger partial charge is 0.494 e. The maximum absolute atomic E-state index is 11.0. The van der Waals surface area contributed by atoms with Crippen LogP contribution in [0.15, 0.2) is 30.3 Å². The number of benzene rings is 2. The molecular formula is C14H14O3. The van der Waals surface area contributed by atoms with Crippen molar-refractivity contribution >= 4 is 16.7 Å². The zero-order chi connectivity index (χ0) is 12.4. The average Bonchev–Trinajstić information content (AvgIpc) is 2.28. The van der Waals surface area contributed by atoms with Crippen LogP contribution in [0.1, 0.15) is 22.8 Å². The van der Waals surface area contributed by atoms with Gasteiger partial charge in [-0.25, -0.2) is 4.79 Å². The molecular weight excluding hydrogens is 216 g/mol. The van der Waals surface area contributed by atoms with E-state index >= 15 is 0 Å². The Balaban J connectivity index is 2.62. The number of ether oxygens (including phenoxy) is 1. The van der Waals surface area contributed by atoms with E-state index in [1.165, 1.54) is 0 Å². The molecule has 88 valence electrons. The molecule has 0 aliphatic heterocycles. The summed E-state index contributed by atoms with van der Waals surface area (Å²) < 4.78 is 5.41. The second-order valence-corrected chi connectivity index (χ2v) is 3.91. The predicted octanol–water partition coefficient (Wildman–Crippen LogP) is 3.25. The van der Waals surface area contributed by atoms with Gasteiger partial charge in [-0.1, -0.05) is 6.07 Å². The minimum atomic E-state index is -0.906. The van der Waals surface area contributed by atoms with E-state index in [0.717, 1.165) is 22.1 Å². The fourth-order valence-electron chi connectivity index (χ4n) is 1.92. The van der Waals surface area contributed by atoms with Gasteiger partial charge in [-0.2, -0.15) is 0 Å². The Morgan fingerprint density at radius 2 is 2.06 bits per heavy atom. The van der Waals surface area contributed by atoms with Crippen LogP contribution in [-0.4, -0.2) is 17.7 Å². The Labute approximate surface area is 99.6 Å². The second-order valence-electron chi connectivity index (χ2n) is 3.91. The Bertz CT molecular complexity index is 573. The van der Waals surface area contributed by atoms with E-state index in [9.17, 15) is 4.79 Å². The molecule has 2 rings (SSSR count). The molecule has 0 aliphatic rings. The highest BCUT2D eigenvalue weighted by Gasteiger charge is 2.07. The molecule has 0 aromatic heterocycles. The number of aryl methyl sites for hydroxylation is 1. The van der Waals surface area contributed by atoms with E-state index in [4.69, 9.17) is 9.84 Å². The summed E-state index contributed by atoms with van der Waals surface area (Å²) in [6, 6.07) is 9.09. The zero-order valence-corrected chi connectivity index (χ0v) is 9.86. The van der Waals surface area contributed by atoms with Gasteiger partial charge in [-0.15, -0.1) is 0 Å². The molecule has 0 saturated heterocycles. The lowest BCUT2D eigenvalue weighted by Gasteiger charge is -2.07. The summed E-state index contributed by atoms with van der Waals surface area (Å²) in [6.07, 6.45) is 0. The number of rotatable bonds is 3. The molecule has 0 fully saturated rings. The van der Waals surface area contributed by atoms with Crippen molar-refractivity contribution in [3.8, 4) is 5.75 Å². The lowest BCUT2D eigenvalue weighted by atomic mass is 10.0. The van der Waals surface area contributed by atoms with Crippen LogP contribution in [-0.2, 0) is 0 Å². The molecule has 0 amide bonds. The van der Waals surface area contributed by atoms with Crippen LogP contribution < -0.4 is 4.74 Å². The molecule has 1 N–H and O–H groups in total. The van der Waals surface area contributed by atoms with Gasteiger partial charge in [0.25, 0.3) is 0 Å². The molecule has 0 bridgehead atoms. The molecule has 2 aromatic rings. The second kappa shape index (κ2) is 4.45. The lowest BCUT2D eigenvalue weighted by molar-refractivity contribution is 0.0697. The first-order valence-corrected chi connectivity index (χ1v) is 5.52. The molecule has 0 radical (unpaired) electrons. The van der Waals surface area contributed by atoms with Crippen molar-refractivity contribution in [2.24, 2.45) is 0 Å². The van der Waals surface area contributed by atoms with Crippen molar-refractivity contribution in [3.05, 3.63) is 41.5 Å². The Morgan fingerprint density at radius 3 is 2.71 bits per heavy atom. The van der Waals surface area contributed by atoms with Crippen LogP contribution in [0.4, 0.5) is 0 Å². The van der Waals surface area contributed by atoms with E-state index in [-0.39, 0.29) is 0 Å². The van der Waals surface area contributed by atoms with Crippen LogP contribution >= 0.6 is 0 Å². The third-order valence-corrected chi connectivity index (χ3v) is 2.69. The topological polar surface area (TPSA) is 46.5 Å². The van der Waals surface area contributed by atoms with Gasteiger partial charge in [0.2, 0.25) is 0 Å². The standard InChI is InChI=1S/C14H14O3/c1-3-17-12-4-5-13-9(2)6-11(14(15)16)7-10(13)8-12/h4-8H,3H2,1-2H3,(H,15,16). The summed E-state index contributed by atoms with van der Waals surface area (Å²) in [5.74, 6) is -0.140. The van der Waals surface area contributed by atoms with Gasteiger partial charge in [0.1, 0.15) is 5.75 Å². The summed E-state index contributed by atoms with van der Waals surface area (Å²) in [7, 11) is 0. The van der Waals surface area contributed by atoms with E-state index in [2.05, 4.69) is 0 Å². The number of aromatic carboxylic acids is 1. The van der Waals surface area contributed by atoms with Crippen molar-refractivity contribution in [1.82, 2.24) is 0 Å². The average molecular weight is 230 g/mol. The van der Waals surface area contributed by atoms with Gasteiger partial charge in [0.05, 0.1) is 12.2 Å². The Morgan fingerprint density at radius 1 is 1.29 bits per heavy atom. The van der Waals surface area contributed by atoms with Crippen LogP contribution in [0.25, 0.3) is 10.8 Å². The summed E-state index contributed by atoms with van der Waals surface area (Å²) in [5.41, 5.74) is 1.27. The number of carbonyl (C=O) groups is 1. The highest BCUT2D eigenvalue weighted by molar-refractivity contribution is 5.96. The molecule has 0 atom stereocenters. The first-order chi connectivity index (χ1) is 8.11. The van der Waals surface area contributed by atoms with Crippen LogP contribution in [0.3, 0.4) is 0 Å². The molecule has 17 heavy (non-hydrogen) atoms. The highest BCUT2D eigenvalue weighted by atomic mass is 16.5. The summed E-state index contributed by atoms with van der Waals surface area (Å²) in [4.78, 5) is 11.0. The number of hydrogen-bond donors (Lipinski definition) is 1. The van der Waals surface area contributed by atoms with Crippen molar-refractivity contribution < 1.29 is 14.6 Å². The van der Waals surface area contributed by atoms with Crippen molar-refractivity contribution in [1.29, 1.82) is 0 Å². The Kier molecular flexibility index (Phi) is 3.00. The SMILES string of the molecule is CCOc1ccc2c(C)cc(C(=O)O)cc2c1. The van der Waals surface area contributed by atoms with Crippen LogP contribution in [0.5, 0.6) is 5.75 Å². The van der Waals surface area contributed by atoms with Gasteiger partial charge in [0.15, 0.2) is 0 Å². The van der Waals surface area contributed by atoms with Gasteiger partial charge in [-0.05, 0) is 54.4 Å². The molecule has 0 spiro atoms. The molecule has 0 saturated carbocycles. The molecule has 0 aliphatic carbocycles. The lowest BCUT2D eigenvalue weighted by Crippen LogP contribution is -1.97. The smallest absolute Gasteiger partial charge is 0.335 e. The number of carboxylic acids is 1. The predicted molar refractivity (Wildman–Crippen MR) is 66.8 cm³/mol. The molecule has 0 heterocycles. The van der Waals surface area contributed by atoms with Crippen LogP contribution in [0.2, 0.25) is 0 Å². The van der Waals surface area contributed by atoms with E-state index in [0.29, 0.717) is 12.2 Å². The van der Waals surface area contributed by atoms with Crippen molar-refractivity contribution in [3.63, 3.8) is 0 Å². The maximum atomic E-state index is 11.0. The molecule has 0 unspecified atom stereocenters. The van der Waals surface area contributed by atoms with E-state index in [1.807, 2.05) is 32.0 Å². The molecule has 3 nitrogen and oxygen atoms in total. The fraction of sp³-hybridized carbons (Fsp3) is 0.214. The zero-order valence-electron chi connectivity index (χ0n) is 9.86. The van der Waals surface area contributed by atoms with E-state index < -0.39 is 5.97 Å². The third-order valence-electron chi connectivity index (χ3n) is 2.69. The summed E-state index contributed by atoms with van der Waals surface area (Å²) in [6.45, 7) is 4.43. The third kappa shape index (κ3) is 2.23. The Hall–Kier alpha value is -2.03. The number of hydrogen-bond acceptors (Lipinski definition) is 2. The van der Waals surface area contributed by atoms with Crippen molar-refractivity contribution in [2.75, 3.05) is 6.61 Å². The van der Waals surface area contributed by atoms with Crippen LogP contribution in [0, 0.1) is 6.92 Å². The number of carboxylic acid groups (broad SMARTS) is 1. The monoisotopic (exact) mass is 230 g/mol. The fourth-order valence-corrected chi connectivity index (χ4v) is 1.92. The first kappa shape index (κ1) is 11.5. The van der Waals surface area contributed by atoms with E-state index in [1.54, 1.807) is 12.1 Å². The summed E-state index contributed by atoms with van der Waals surface area (Å²) >= 11 is 0.